The summed E-state index contributed by atoms with van der Waals surface area (Å²) in [5, 5.41) is 4.22. The zero-order valence-corrected chi connectivity index (χ0v) is 12.4. The number of likely N-dealkylation sites (N-methyl/N-ethyl adjacent to an activating group) is 2. The molecule has 0 aromatic heterocycles. The molecule has 0 bridgehead atoms. The lowest BCUT2D eigenvalue weighted by Crippen LogP contribution is -2.48. The molecule has 0 aliphatic rings. The number of hydrogen-bond donors (Lipinski definition) is 1. The summed E-state index contributed by atoms with van der Waals surface area (Å²) in [6.45, 7) is 6.47. The molecule has 0 spiro atoms. The summed E-state index contributed by atoms with van der Waals surface area (Å²) >= 11 is 6.20. The van der Waals surface area contributed by atoms with Gasteiger partial charge in [-0.05, 0) is 59.1 Å². The Morgan fingerprint density at radius 3 is 2.29 bits per heavy atom. The molecule has 0 heterocycles. The van der Waals surface area contributed by atoms with E-state index in [-0.39, 0.29) is 11.6 Å². The van der Waals surface area contributed by atoms with Crippen LogP contribution >= 0.6 is 11.6 Å². The summed E-state index contributed by atoms with van der Waals surface area (Å²) in [5.74, 6) is 0. The third kappa shape index (κ3) is 3.01. The Balaban J connectivity index is 3.14. The first-order valence-electron chi connectivity index (χ1n) is 5.91. The molecule has 0 radical (unpaired) electrons. The maximum Gasteiger partial charge on any atom is 0.0499 e. The zero-order chi connectivity index (χ0) is 13.2. The second-order valence-corrected chi connectivity index (χ2v) is 5.69. The van der Waals surface area contributed by atoms with Crippen molar-refractivity contribution in [2.75, 3.05) is 21.1 Å². The van der Waals surface area contributed by atoms with E-state index in [0.717, 1.165) is 10.6 Å². The van der Waals surface area contributed by atoms with E-state index in [1.54, 1.807) is 0 Å². The van der Waals surface area contributed by atoms with Gasteiger partial charge in [-0.1, -0.05) is 23.7 Å². The Hall–Kier alpha value is -0.570. The summed E-state index contributed by atoms with van der Waals surface area (Å²) < 4.78 is 0. The van der Waals surface area contributed by atoms with Crippen LogP contribution in [-0.4, -0.2) is 31.6 Å². The van der Waals surface area contributed by atoms with Gasteiger partial charge in [0.05, 0.1) is 0 Å². The minimum Gasteiger partial charge on any atom is -0.311 e. The lowest BCUT2D eigenvalue weighted by atomic mass is 9.87. The molecular formula is C14H23ClN2. The van der Waals surface area contributed by atoms with Crippen molar-refractivity contribution in [2.45, 2.75) is 32.4 Å². The molecule has 0 amide bonds. The molecule has 0 aliphatic heterocycles. The molecule has 1 unspecified atom stereocenters. The fourth-order valence-corrected chi connectivity index (χ4v) is 2.16. The van der Waals surface area contributed by atoms with Crippen molar-refractivity contribution in [1.82, 2.24) is 10.2 Å². The first-order chi connectivity index (χ1) is 7.80. The highest BCUT2D eigenvalue weighted by Gasteiger charge is 2.31. The van der Waals surface area contributed by atoms with Crippen molar-refractivity contribution in [1.29, 1.82) is 0 Å². The number of rotatable bonds is 4. The third-order valence-electron chi connectivity index (χ3n) is 3.68. The van der Waals surface area contributed by atoms with Crippen LogP contribution in [0, 0.1) is 6.92 Å². The van der Waals surface area contributed by atoms with Gasteiger partial charge in [0, 0.05) is 16.6 Å². The molecule has 1 N–H and O–H groups in total. The zero-order valence-electron chi connectivity index (χ0n) is 11.6. The van der Waals surface area contributed by atoms with Gasteiger partial charge < -0.3 is 10.2 Å². The van der Waals surface area contributed by atoms with Crippen LogP contribution in [0.5, 0.6) is 0 Å². The van der Waals surface area contributed by atoms with Crippen molar-refractivity contribution in [3.05, 3.63) is 34.3 Å². The standard InChI is InChI=1S/C14H23ClN2/c1-10-7-8-11(9-12(10)15)13(16-4)14(2,3)17(5)6/h7-9,13,16H,1-6H3. The number of benzene rings is 1. The van der Waals surface area contributed by atoms with Crippen molar-refractivity contribution in [3.63, 3.8) is 0 Å². The highest BCUT2D eigenvalue weighted by atomic mass is 35.5. The SMILES string of the molecule is CNC(c1ccc(C)c(Cl)c1)C(C)(C)N(C)C. The number of halogens is 1. The van der Waals surface area contributed by atoms with Gasteiger partial charge in [0.2, 0.25) is 0 Å². The molecule has 17 heavy (non-hydrogen) atoms. The molecule has 0 fully saturated rings. The average Bonchev–Trinajstić information content (AvgIpc) is 2.23. The van der Waals surface area contributed by atoms with Crippen LogP contribution in [0.2, 0.25) is 5.02 Å². The van der Waals surface area contributed by atoms with Crippen LogP contribution in [0.1, 0.15) is 31.0 Å². The molecule has 1 aromatic rings. The molecule has 1 rings (SSSR count). The Bertz CT molecular complexity index is 386. The van der Waals surface area contributed by atoms with E-state index >= 15 is 0 Å². The van der Waals surface area contributed by atoms with E-state index in [1.807, 2.05) is 14.0 Å². The maximum absolute atomic E-state index is 6.20. The van der Waals surface area contributed by atoms with Crippen LogP contribution in [0.3, 0.4) is 0 Å². The molecule has 1 aromatic carbocycles. The van der Waals surface area contributed by atoms with Crippen molar-refractivity contribution in [2.24, 2.45) is 0 Å². The second kappa shape index (κ2) is 5.38. The minimum atomic E-state index is 0.0212. The van der Waals surface area contributed by atoms with E-state index in [4.69, 9.17) is 11.6 Å². The lowest BCUT2D eigenvalue weighted by Gasteiger charge is -2.40. The topological polar surface area (TPSA) is 15.3 Å². The number of nitrogens with zero attached hydrogens (tertiary/aromatic N) is 1. The molecule has 0 saturated heterocycles. The predicted molar refractivity (Wildman–Crippen MR) is 75.8 cm³/mol. The van der Waals surface area contributed by atoms with Gasteiger partial charge in [-0.25, -0.2) is 0 Å². The van der Waals surface area contributed by atoms with Gasteiger partial charge >= 0.3 is 0 Å². The maximum atomic E-state index is 6.20. The van der Waals surface area contributed by atoms with Crippen LogP contribution < -0.4 is 5.32 Å². The average molecular weight is 255 g/mol. The van der Waals surface area contributed by atoms with E-state index in [0.29, 0.717) is 0 Å². The summed E-state index contributed by atoms with van der Waals surface area (Å²) in [4.78, 5) is 2.22. The van der Waals surface area contributed by atoms with E-state index in [1.165, 1.54) is 5.56 Å². The van der Waals surface area contributed by atoms with Crippen molar-refractivity contribution in [3.8, 4) is 0 Å². The summed E-state index contributed by atoms with van der Waals surface area (Å²) in [7, 11) is 6.18. The monoisotopic (exact) mass is 254 g/mol. The smallest absolute Gasteiger partial charge is 0.0499 e. The highest BCUT2D eigenvalue weighted by molar-refractivity contribution is 6.31. The number of nitrogens with one attached hydrogen (secondary N) is 1. The van der Waals surface area contributed by atoms with Crippen molar-refractivity contribution >= 4 is 11.6 Å². The van der Waals surface area contributed by atoms with Gasteiger partial charge in [0.15, 0.2) is 0 Å². The fourth-order valence-electron chi connectivity index (χ4n) is 1.97. The molecule has 0 aliphatic carbocycles. The van der Waals surface area contributed by atoms with E-state index in [2.05, 4.69) is 56.4 Å². The van der Waals surface area contributed by atoms with Crippen LogP contribution in [-0.2, 0) is 0 Å². The molecule has 0 saturated carbocycles. The summed E-state index contributed by atoms with van der Waals surface area (Å²) in [6, 6.07) is 6.53. The van der Waals surface area contributed by atoms with Crippen LogP contribution in [0.4, 0.5) is 0 Å². The van der Waals surface area contributed by atoms with Gasteiger partial charge in [-0.3, -0.25) is 0 Å². The van der Waals surface area contributed by atoms with Gasteiger partial charge in [-0.15, -0.1) is 0 Å². The van der Waals surface area contributed by atoms with Gasteiger partial charge in [-0.2, -0.15) is 0 Å². The molecule has 3 heteroatoms. The molecule has 2 nitrogen and oxygen atoms in total. The number of hydrogen-bond acceptors (Lipinski definition) is 2. The fraction of sp³-hybridized carbons (Fsp3) is 0.571. The van der Waals surface area contributed by atoms with Gasteiger partial charge in [0.25, 0.3) is 0 Å². The minimum absolute atomic E-state index is 0.0212. The third-order valence-corrected chi connectivity index (χ3v) is 4.08. The van der Waals surface area contributed by atoms with Crippen LogP contribution in [0.25, 0.3) is 0 Å². The second-order valence-electron chi connectivity index (χ2n) is 5.28. The van der Waals surface area contributed by atoms with Gasteiger partial charge in [0.1, 0.15) is 0 Å². The normalized spacial score (nSPS) is 14.1. The Morgan fingerprint density at radius 2 is 1.88 bits per heavy atom. The molecular weight excluding hydrogens is 232 g/mol. The summed E-state index contributed by atoms with van der Waals surface area (Å²) in [5.41, 5.74) is 2.36. The highest BCUT2D eigenvalue weighted by Crippen LogP contribution is 2.31. The van der Waals surface area contributed by atoms with E-state index < -0.39 is 0 Å². The first kappa shape index (κ1) is 14.5. The summed E-state index contributed by atoms with van der Waals surface area (Å²) in [6.07, 6.45) is 0. The Kier molecular flexibility index (Phi) is 4.59. The largest absolute Gasteiger partial charge is 0.311 e. The molecule has 96 valence electrons. The number of aryl methyl sites for hydroxylation is 1. The quantitative estimate of drug-likeness (QED) is 0.888. The predicted octanol–water partition coefficient (Wildman–Crippen LogP) is 3.25. The van der Waals surface area contributed by atoms with Crippen molar-refractivity contribution < 1.29 is 0 Å². The Labute approximate surface area is 110 Å². The molecule has 1 atom stereocenters. The lowest BCUT2D eigenvalue weighted by molar-refractivity contribution is 0.142. The Morgan fingerprint density at radius 1 is 1.29 bits per heavy atom. The first-order valence-corrected chi connectivity index (χ1v) is 6.29. The van der Waals surface area contributed by atoms with E-state index in [9.17, 15) is 0 Å². The van der Waals surface area contributed by atoms with Crippen LogP contribution in [0.15, 0.2) is 18.2 Å².